The molecule has 8 heteroatoms. The summed E-state index contributed by atoms with van der Waals surface area (Å²) in [5, 5.41) is 2.00. The van der Waals surface area contributed by atoms with Gasteiger partial charge in [0.05, 0.1) is 5.69 Å². The van der Waals surface area contributed by atoms with E-state index in [1.807, 2.05) is 38.2 Å². The lowest BCUT2D eigenvalue weighted by Crippen LogP contribution is -2.24. The number of benzene rings is 2. The maximum Gasteiger partial charge on any atom is 0.344 e. The lowest BCUT2D eigenvalue weighted by molar-refractivity contribution is -0.149. The number of rotatable bonds is 7. The van der Waals surface area contributed by atoms with Gasteiger partial charge in [-0.25, -0.2) is 18.0 Å². The largest absolute Gasteiger partial charge is 0.482 e. The third-order valence-corrected chi connectivity index (χ3v) is 3.81. The molecule has 28 heavy (non-hydrogen) atoms. The van der Waals surface area contributed by atoms with E-state index in [0.29, 0.717) is 11.8 Å². The lowest BCUT2D eigenvalue weighted by Gasteiger charge is -2.14. The van der Waals surface area contributed by atoms with Gasteiger partial charge in [-0.05, 0) is 42.2 Å². The fourth-order valence-corrected chi connectivity index (χ4v) is 2.38. The molecular formula is C20H20F3NO4. The lowest BCUT2D eigenvalue weighted by atomic mass is 10.0. The number of carbonyl (C=O) groups excluding carboxylic acids is 2. The van der Waals surface area contributed by atoms with Gasteiger partial charge in [-0.15, -0.1) is 0 Å². The van der Waals surface area contributed by atoms with E-state index in [1.165, 1.54) is 0 Å². The Morgan fingerprint density at radius 1 is 1.04 bits per heavy atom. The van der Waals surface area contributed by atoms with E-state index >= 15 is 0 Å². The standard InChI is InChI=1S/C20H20F3NO4/c1-11(2)13-5-4-12(3)8-16(13)27-10-18(26)28-9-17(25)24-15-7-6-14(21)19(22)20(15)23/h4-8,11H,9-10H2,1-3H3,(H,24,25). The molecule has 5 nitrogen and oxygen atoms in total. The zero-order valence-corrected chi connectivity index (χ0v) is 15.6. The number of ether oxygens (including phenoxy) is 2. The maximum absolute atomic E-state index is 13.5. The predicted molar refractivity (Wildman–Crippen MR) is 96.7 cm³/mol. The van der Waals surface area contributed by atoms with Gasteiger partial charge < -0.3 is 14.8 Å². The Balaban J connectivity index is 1.87. The molecule has 0 unspecified atom stereocenters. The van der Waals surface area contributed by atoms with Gasteiger partial charge in [0.25, 0.3) is 5.91 Å². The van der Waals surface area contributed by atoms with E-state index in [-0.39, 0.29) is 5.92 Å². The van der Waals surface area contributed by atoms with Crippen LogP contribution in [0.4, 0.5) is 18.9 Å². The molecule has 0 aliphatic rings. The van der Waals surface area contributed by atoms with Gasteiger partial charge in [0, 0.05) is 0 Å². The first kappa shape index (κ1) is 21.3. The number of hydrogen-bond acceptors (Lipinski definition) is 4. The first-order valence-corrected chi connectivity index (χ1v) is 8.51. The minimum atomic E-state index is -1.71. The van der Waals surface area contributed by atoms with Gasteiger partial charge in [0.2, 0.25) is 0 Å². The van der Waals surface area contributed by atoms with Crippen LogP contribution in [0.2, 0.25) is 0 Å². The monoisotopic (exact) mass is 395 g/mol. The van der Waals surface area contributed by atoms with Crippen molar-refractivity contribution in [2.24, 2.45) is 0 Å². The summed E-state index contributed by atoms with van der Waals surface area (Å²) >= 11 is 0. The summed E-state index contributed by atoms with van der Waals surface area (Å²) in [7, 11) is 0. The van der Waals surface area contributed by atoms with Crippen molar-refractivity contribution in [1.29, 1.82) is 0 Å². The molecule has 1 N–H and O–H groups in total. The zero-order valence-electron chi connectivity index (χ0n) is 15.6. The Hall–Kier alpha value is -3.03. The highest BCUT2D eigenvalue weighted by molar-refractivity contribution is 5.93. The molecule has 0 radical (unpaired) electrons. The van der Waals surface area contributed by atoms with Crippen molar-refractivity contribution in [3.8, 4) is 5.75 Å². The van der Waals surface area contributed by atoms with Crippen LogP contribution in [-0.4, -0.2) is 25.1 Å². The summed E-state index contributed by atoms with van der Waals surface area (Å²) in [5.74, 6) is -5.61. The normalized spacial score (nSPS) is 10.7. The molecule has 0 fully saturated rings. The van der Waals surface area contributed by atoms with E-state index in [0.717, 1.165) is 17.2 Å². The first-order chi connectivity index (χ1) is 13.2. The molecule has 0 aliphatic carbocycles. The van der Waals surface area contributed by atoms with Gasteiger partial charge in [-0.1, -0.05) is 26.0 Å². The van der Waals surface area contributed by atoms with Crippen LogP contribution >= 0.6 is 0 Å². The molecule has 2 rings (SSSR count). The van der Waals surface area contributed by atoms with Crippen LogP contribution in [0.3, 0.4) is 0 Å². The minimum absolute atomic E-state index is 0.184. The maximum atomic E-state index is 13.5. The van der Waals surface area contributed by atoms with Gasteiger partial charge in [-0.3, -0.25) is 4.79 Å². The minimum Gasteiger partial charge on any atom is -0.482 e. The molecule has 0 spiro atoms. The Bertz CT molecular complexity index is 884. The van der Waals surface area contributed by atoms with Gasteiger partial charge in [0.1, 0.15) is 5.75 Å². The second-order valence-corrected chi connectivity index (χ2v) is 6.42. The van der Waals surface area contributed by atoms with Crippen molar-refractivity contribution >= 4 is 17.6 Å². The summed E-state index contributed by atoms with van der Waals surface area (Å²) in [6.07, 6.45) is 0. The number of aryl methyl sites for hydroxylation is 1. The third-order valence-electron chi connectivity index (χ3n) is 3.81. The Kier molecular flexibility index (Phi) is 7.03. The number of amides is 1. The fourth-order valence-electron chi connectivity index (χ4n) is 2.38. The topological polar surface area (TPSA) is 64.6 Å². The summed E-state index contributed by atoms with van der Waals surface area (Å²) in [4.78, 5) is 23.5. The molecule has 0 aromatic heterocycles. The van der Waals surface area contributed by atoms with Crippen LogP contribution in [-0.2, 0) is 14.3 Å². The van der Waals surface area contributed by atoms with Crippen LogP contribution in [0.5, 0.6) is 5.75 Å². The Morgan fingerprint density at radius 2 is 1.75 bits per heavy atom. The molecule has 0 atom stereocenters. The van der Waals surface area contributed by atoms with E-state index in [2.05, 4.69) is 0 Å². The molecule has 0 heterocycles. The van der Waals surface area contributed by atoms with Crippen LogP contribution in [0.25, 0.3) is 0 Å². The molecule has 0 aliphatic heterocycles. The Morgan fingerprint density at radius 3 is 2.43 bits per heavy atom. The van der Waals surface area contributed by atoms with Gasteiger partial charge in [-0.2, -0.15) is 0 Å². The highest BCUT2D eigenvalue weighted by atomic mass is 19.2. The second kappa shape index (κ2) is 9.25. The van der Waals surface area contributed by atoms with Crippen molar-refractivity contribution < 1.29 is 32.2 Å². The third kappa shape index (κ3) is 5.48. The van der Waals surface area contributed by atoms with Crippen molar-refractivity contribution in [3.05, 3.63) is 58.9 Å². The molecule has 150 valence electrons. The quantitative estimate of drug-likeness (QED) is 0.566. The average molecular weight is 395 g/mol. The van der Waals surface area contributed by atoms with E-state index in [4.69, 9.17) is 9.47 Å². The summed E-state index contributed by atoms with van der Waals surface area (Å²) in [6, 6.07) is 7.16. The molecule has 0 saturated heterocycles. The molecule has 2 aromatic carbocycles. The van der Waals surface area contributed by atoms with Gasteiger partial charge >= 0.3 is 5.97 Å². The molecule has 0 bridgehead atoms. The second-order valence-electron chi connectivity index (χ2n) is 6.42. The number of carbonyl (C=O) groups is 2. The fraction of sp³-hybridized carbons (Fsp3) is 0.300. The van der Waals surface area contributed by atoms with Crippen molar-refractivity contribution in [2.75, 3.05) is 18.5 Å². The molecular weight excluding hydrogens is 375 g/mol. The smallest absolute Gasteiger partial charge is 0.344 e. The SMILES string of the molecule is Cc1ccc(C(C)C)c(OCC(=O)OCC(=O)Nc2ccc(F)c(F)c2F)c1. The van der Waals surface area contributed by atoms with E-state index < -0.39 is 48.2 Å². The molecule has 1 amide bonds. The van der Waals surface area contributed by atoms with Gasteiger partial charge in [0.15, 0.2) is 30.7 Å². The number of hydrogen-bond donors (Lipinski definition) is 1. The van der Waals surface area contributed by atoms with Crippen LogP contribution in [0, 0.1) is 24.4 Å². The summed E-state index contributed by atoms with van der Waals surface area (Å²) in [6.45, 7) is 4.70. The number of esters is 1. The number of halogens is 3. The first-order valence-electron chi connectivity index (χ1n) is 8.51. The Labute approximate surface area is 160 Å². The summed E-state index contributed by atoms with van der Waals surface area (Å²) in [5.41, 5.74) is 1.32. The van der Waals surface area contributed by atoms with Crippen LogP contribution in [0.15, 0.2) is 30.3 Å². The number of anilines is 1. The molecule has 0 saturated carbocycles. The van der Waals surface area contributed by atoms with E-state index in [1.54, 1.807) is 6.07 Å². The van der Waals surface area contributed by atoms with Crippen molar-refractivity contribution in [3.63, 3.8) is 0 Å². The highest BCUT2D eigenvalue weighted by Gasteiger charge is 2.16. The number of nitrogens with one attached hydrogen (secondary N) is 1. The van der Waals surface area contributed by atoms with Crippen molar-refractivity contribution in [1.82, 2.24) is 0 Å². The van der Waals surface area contributed by atoms with Crippen LogP contribution < -0.4 is 10.1 Å². The van der Waals surface area contributed by atoms with Crippen molar-refractivity contribution in [2.45, 2.75) is 26.7 Å². The molecule has 2 aromatic rings. The summed E-state index contributed by atoms with van der Waals surface area (Å²) < 4.78 is 49.7. The van der Waals surface area contributed by atoms with Crippen LogP contribution in [0.1, 0.15) is 30.9 Å². The van der Waals surface area contributed by atoms with E-state index in [9.17, 15) is 22.8 Å². The zero-order chi connectivity index (χ0) is 20.8. The average Bonchev–Trinajstić information content (AvgIpc) is 2.65. The highest BCUT2D eigenvalue weighted by Crippen LogP contribution is 2.27. The predicted octanol–water partition coefficient (Wildman–Crippen LogP) is 4.10.